The van der Waals surface area contributed by atoms with Gasteiger partial charge in [0.15, 0.2) is 21.3 Å². The van der Waals surface area contributed by atoms with Gasteiger partial charge in [0.1, 0.15) is 6.17 Å². The predicted octanol–water partition coefficient (Wildman–Crippen LogP) is 2.71. The van der Waals surface area contributed by atoms with Crippen LogP contribution in [0.1, 0.15) is 11.7 Å². The summed E-state index contributed by atoms with van der Waals surface area (Å²) in [6.45, 7) is 0. The first-order valence-corrected chi connectivity index (χ1v) is 10.3. The first-order chi connectivity index (χ1) is 13.3. The number of anilines is 1. The maximum absolute atomic E-state index is 12.7. The average Bonchev–Trinajstić information content (AvgIpc) is 3.17. The van der Waals surface area contributed by atoms with Gasteiger partial charge in [0.25, 0.3) is 0 Å². The molecule has 0 fully saturated rings. The van der Waals surface area contributed by atoms with Crippen LogP contribution in [0, 0.1) is 0 Å². The monoisotopic (exact) mass is 403 g/mol. The molecule has 28 heavy (non-hydrogen) atoms. The van der Waals surface area contributed by atoms with Gasteiger partial charge in [0, 0.05) is 30.4 Å². The fourth-order valence-electron chi connectivity index (χ4n) is 2.82. The first kappa shape index (κ1) is 19.6. The molecule has 0 radical (unpaired) electrons. The summed E-state index contributed by atoms with van der Waals surface area (Å²) in [6.07, 6.45) is 3.98. The van der Waals surface area contributed by atoms with Gasteiger partial charge in [-0.3, -0.25) is 4.90 Å². The van der Waals surface area contributed by atoms with Crippen LogP contribution in [0.15, 0.2) is 59.8 Å². The Balaban J connectivity index is 1.77. The van der Waals surface area contributed by atoms with E-state index in [1.807, 2.05) is 0 Å². The molecule has 0 saturated heterocycles. The zero-order valence-corrected chi connectivity index (χ0v) is 16.5. The molecule has 9 heteroatoms. The quantitative estimate of drug-likeness (QED) is 0.797. The smallest absolute Gasteiger partial charge is 0.327 e. The van der Waals surface area contributed by atoms with Gasteiger partial charge in [-0.05, 0) is 29.8 Å². The molecule has 0 bridgehead atoms. The van der Waals surface area contributed by atoms with Gasteiger partial charge in [0.2, 0.25) is 0 Å². The molecule has 0 aromatic heterocycles. The second-order valence-electron chi connectivity index (χ2n) is 6.13. The maximum atomic E-state index is 12.7. The highest BCUT2D eigenvalue weighted by Gasteiger charge is 2.26. The summed E-state index contributed by atoms with van der Waals surface area (Å²) in [6, 6.07) is 11.1. The number of amides is 2. The molecule has 1 unspecified atom stereocenters. The summed E-state index contributed by atoms with van der Waals surface area (Å²) in [7, 11) is -0.218. The van der Waals surface area contributed by atoms with Crippen molar-refractivity contribution in [3.8, 4) is 11.5 Å². The summed E-state index contributed by atoms with van der Waals surface area (Å²) in [5.41, 5.74) is 1.30. The molecular weight excluding hydrogens is 382 g/mol. The number of urea groups is 1. The molecule has 2 aromatic rings. The molecule has 3 rings (SSSR count). The Morgan fingerprint density at radius 2 is 1.75 bits per heavy atom. The Labute approximate surface area is 163 Å². The largest absolute Gasteiger partial charge is 0.493 e. The molecule has 2 aromatic carbocycles. The summed E-state index contributed by atoms with van der Waals surface area (Å²) in [5.74, 6) is 1.07. The van der Waals surface area contributed by atoms with Crippen molar-refractivity contribution < 1.29 is 22.7 Å². The number of rotatable bonds is 5. The fraction of sp³-hybridized carbons (Fsp3) is 0.211. The van der Waals surface area contributed by atoms with Crippen LogP contribution in [-0.4, -0.2) is 39.8 Å². The first-order valence-electron chi connectivity index (χ1n) is 8.37. The van der Waals surface area contributed by atoms with Crippen LogP contribution in [0.2, 0.25) is 0 Å². The number of sulfone groups is 1. The second kappa shape index (κ2) is 7.81. The molecule has 148 valence electrons. The minimum atomic E-state index is -3.28. The van der Waals surface area contributed by atoms with E-state index >= 15 is 0 Å². The molecule has 1 aliphatic rings. The Morgan fingerprint density at radius 1 is 1.07 bits per heavy atom. The minimum Gasteiger partial charge on any atom is -0.493 e. The van der Waals surface area contributed by atoms with E-state index in [4.69, 9.17) is 9.47 Å². The molecule has 1 heterocycles. The van der Waals surface area contributed by atoms with Crippen molar-refractivity contribution >= 4 is 21.6 Å². The zero-order chi connectivity index (χ0) is 20.3. The molecule has 2 amide bonds. The third kappa shape index (κ3) is 4.04. The zero-order valence-electron chi connectivity index (χ0n) is 15.7. The predicted molar refractivity (Wildman–Crippen MR) is 105 cm³/mol. The van der Waals surface area contributed by atoms with Crippen molar-refractivity contribution in [2.45, 2.75) is 11.1 Å². The standard InChI is InChI=1S/C19H21N3O5S/c1-26-16-9-6-14(12-17(16)27-2)21-19(23)22-11-10-20-18(22)13-4-7-15(8-5-13)28(3,24)25/h4-12,18,20H,1-3H3,(H,21,23). The van der Waals surface area contributed by atoms with E-state index in [-0.39, 0.29) is 10.9 Å². The van der Waals surface area contributed by atoms with Crippen molar-refractivity contribution in [2.24, 2.45) is 0 Å². The lowest BCUT2D eigenvalue weighted by Crippen LogP contribution is -2.35. The molecule has 1 aliphatic heterocycles. The van der Waals surface area contributed by atoms with Crippen LogP contribution < -0.4 is 20.1 Å². The number of methoxy groups -OCH3 is 2. The lowest BCUT2D eigenvalue weighted by Gasteiger charge is -2.24. The van der Waals surface area contributed by atoms with Crippen LogP contribution in [0.4, 0.5) is 10.5 Å². The molecule has 1 atom stereocenters. The molecule has 0 saturated carbocycles. The Kier molecular flexibility index (Phi) is 5.46. The van der Waals surface area contributed by atoms with E-state index in [0.717, 1.165) is 11.8 Å². The third-order valence-electron chi connectivity index (χ3n) is 4.26. The lowest BCUT2D eigenvalue weighted by molar-refractivity contribution is 0.215. The van der Waals surface area contributed by atoms with E-state index in [2.05, 4.69) is 10.6 Å². The van der Waals surface area contributed by atoms with E-state index in [0.29, 0.717) is 17.2 Å². The van der Waals surface area contributed by atoms with E-state index in [9.17, 15) is 13.2 Å². The van der Waals surface area contributed by atoms with Crippen molar-refractivity contribution in [3.05, 3.63) is 60.4 Å². The van der Waals surface area contributed by atoms with Crippen LogP contribution in [0.3, 0.4) is 0 Å². The summed E-state index contributed by atoms with van der Waals surface area (Å²) >= 11 is 0. The van der Waals surface area contributed by atoms with Crippen LogP contribution in [0.25, 0.3) is 0 Å². The van der Waals surface area contributed by atoms with Gasteiger partial charge < -0.3 is 20.1 Å². The summed E-state index contributed by atoms with van der Waals surface area (Å²) < 4.78 is 33.7. The number of carbonyl (C=O) groups is 1. The van der Waals surface area contributed by atoms with Gasteiger partial charge in [-0.15, -0.1) is 0 Å². The molecular formula is C19H21N3O5S. The maximum Gasteiger partial charge on any atom is 0.327 e. The van der Waals surface area contributed by atoms with Crippen molar-refractivity contribution in [1.29, 1.82) is 0 Å². The topological polar surface area (TPSA) is 97.0 Å². The van der Waals surface area contributed by atoms with Crippen molar-refractivity contribution in [3.63, 3.8) is 0 Å². The minimum absolute atomic E-state index is 0.225. The van der Waals surface area contributed by atoms with Gasteiger partial charge in [0.05, 0.1) is 19.1 Å². The van der Waals surface area contributed by atoms with Gasteiger partial charge >= 0.3 is 6.03 Å². The number of nitrogens with one attached hydrogen (secondary N) is 2. The fourth-order valence-corrected chi connectivity index (χ4v) is 3.45. The SMILES string of the molecule is COc1ccc(NC(=O)N2C=CNC2c2ccc(S(C)(=O)=O)cc2)cc1OC. The Bertz CT molecular complexity index is 1000. The molecule has 0 aliphatic carbocycles. The van der Waals surface area contributed by atoms with Gasteiger partial charge in [-0.1, -0.05) is 12.1 Å². The van der Waals surface area contributed by atoms with Gasteiger partial charge in [-0.2, -0.15) is 0 Å². The van der Waals surface area contributed by atoms with Crippen molar-refractivity contribution in [1.82, 2.24) is 10.2 Å². The number of ether oxygens (including phenoxy) is 2. The third-order valence-corrected chi connectivity index (χ3v) is 5.39. The number of benzene rings is 2. The Hall–Kier alpha value is -3.20. The van der Waals surface area contributed by atoms with Crippen LogP contribution in [0.5, 0.6) is 11.5 Å². The van der Waals surface area contributed by atoms with E-state index in [1.165, 1.54) is 31.3 Å². The average molecular weight is 403 g/mol. The molecule has 8 nitrogen and oxygen atoms in total. The highest BCUT2D eigenvalue weighted by molar-refractivity contribution is 7.90. The van der Waals surface area contributed by atoms with Crippen molar-refractivity contribution in [2.75, 3.05) is 25.8 Å². The van der Waals surface area contributed by atoms with Crippen LogP contribution >= 0.6 is 0 Å². The highest BCUT2D eigenvalue weighted by atomic mass is 32.2. The van der Waals surface area contributed by atoms with E-state index < -0.39 is 16.0 Å². The number of carbonyl (C=O) groups excluding carboxylic acids is 1. The lowest BCUT2D eigenvalue weighted by atomic mass is 10.1. The number of hydrogen-bond acceptors (Lipinski definition) is 6. The summed E-state index contributed by atoms with van der Waals surface area (Å²) in [4.78, 5) is 14.4. The van der Waals surface area contributed by atoms with E-state index in [1.54, 1.807) is 42.7 Å². The van der Waals surface area contributed by atoms with Crippen LogP contribution in [-0.2, 0) is 9.84 Å². The number of hydrogen-bond donors (Lipinski definition) is 2. The summed E-state index contributed by atoms with van der Waals surface area (Å²) in [5, 5.41) is 5.89. The highest BCUT2D eigenvalue weighted by Crippen LogP contribution is 2.30. The molecule has 2 N–H and O–H groups in total. The molecule has 0 spiro atoms. The second-order valence-corrected chi connectivity index (χ2v) is 8.15. The Morgan fingerprint density at radius 3 is 2.36 bits per heavy atom. The normalized spacial score (nSPS) is 15.8. The number of nitrogens with zero attached hydrogens (tertiary/aromatic N) is 1. The van der Waals surface area contributed by atoms with Gasteiger partial charge in [-0.25, -0.2) is 13.2 Å².